The number of hydrogen-bond donors (Lipinski definition) is 1. The van der Waals surface area contributed by atoms with E-state index in [0.29, 0.717) is 12.2 Å². The van der Waals surface area contributed by atoms with Gasteiger partial charge in [0, 0.05) is 6.42 Å². The smallest absolute Gasteiger partial charge is 0.241 e. The van der Waals surface area contributed by atoms with Crippen LogP contribution in [0.2, 0.25) is 0 Å². The molecule has 0 saturated carbocycles. The Labute approximate surface area is 140 Å². The fourth-order valence-corrected chi connectivity index (χ4v) is 3.14. The van der Waals surface area contributed by atoms with Crippen LogP contribution >= 0.6 is 0 Å². The Morgan fingerprint density at radius 1 is 1.04 bits per heavy atom. The van der Waals surface area contributed by atoms with Gasteiger partial charge in [0.25, 0.3) is 0 Å². The number of rotatable bonds is 6. The molecule has 1 heterocycles. The Kier molecular flexibility index (Phi) is 4.73. The molecule has 24 heavy (non-hydrogen) atoms. The molecule has 0 amide bonds. The van der Waals surface area contributed by atoms with E-state index in [1.54, 1.807) is 24.3 Å². The first-order valence-corrected chi connectivity index (χ1v) is 8.93. The highest BCUT2D eigenvalue weighted by molar-refractivity contribution is 7.89. The Bertz CT molecular complexity index is 904. The molecule has 0 unspecified atom stereocenters. The number of aromatic nitrogens is 2. The molecule has 0 aliphatic heterocycles. The second kappa shape index (κ2) is 6.94. The van der Waals surface area contributed by atoms with Gasteiger partial charge in [0.1, 0.15) is 0 Å². The first-order valence-electron chi connectivity index (χ1n) is 7.45. The SMILES string of the molecule is Cc1ccc(S(=O)(=O)NCc2nc(Cc3ccccc3)no2)cc1. The lowest BCUT2D eigenvalue weighted by Gasteiger charge is -2.04. The van der Waals surface area contributed by atoms with Crippen LogP contribution in [-0.4, -0.2) is 18.6 Å². The minimum atomic E-state index is -3.60. The van der Waals surface area contributed by atoms with Crippen molar-refractivity contribution < 1.29 is 12.9 Å². The Hall–Kier alpha value is -2.51. The monoisotopic (exact) mass is 343 g/mol. The van der Waals surface area contributed by atoms with Gasteiger partial charge in [-0.15, -0.1) is 0 Å². The number of nitrogens with zero attached hydrogens (tertiary/aromatic N) is 2. The van der Waals surface area contributed by atoms with Crippen LogP contribution in [0, 0.1) is 6.92 Å². The van der Waals surface area contributed by atoms with E-state index in [9.17, 15) is 8.42 Å². The van der Waals surface area contributed by atoms with Gasteiger partial charge < -0.3 is 4.52 Å². The zero-order valence-corrected chi connectivity index (χ0v) is 14.0. The van der Waals surface area contributed by atoms with Crippen molar-refractivity contribution in [2.45, 2.75) is 24.8 Å². The molecule has 7 heteroatoms. The van der Waals surface area contributed by atoms with E-state index in [0.717, 1.165) is 11.1 Å². The lowest BCUT2D eigenvalue weighted by Crippen LogP contribution is -2.23. The van der Waals surface area contributed by atoms with E-state index in [-0.39, 0.29) is 17.3 Å². The van der Waals surface area contributed by atoms with Crippen molar-refractivity contribution in [2.75, 3.05) is 0 Å². The second-order valence-electron chi connectivity index (χ2n) is 5.40. The molecule has 0 saturated heterocycles. The summed E-state index contributed by atoms with van der Waals surface area (Å²) >= 11 is 0. The van der Waals surface area contributed by atoms with E-state index in [2.05, 4.69) is 14.9 Å². The number of aryl methyl sites for hydroxylation is 1. The van der Waals surface area contributed by atoms with E-state index < -0.39 is 10.0 Å². The van der Waals surface area contributed by atoms with Gasteiger partial charge >= 0.3 is 0 Å². The van der Waals surface area contributed by atoms with Gasteiger partial charge in [0.05, 0.1) is 11.4 Å². The normalized spacial score (nSPS) is 11.5. The van der Waals surface area contributed by atoms with Gasteiger partial charge in [-0.1, -0.05) is 53.2 Å². The molecule has 0 radical (unpaired) electrons. The zero-order chi connectivity index (χ0) is 17.0. The van der Waals surface area contributed by atoms with E-state index in [4.69, 9.17) is 4.52 Å². The molecule has 0 aliphatic rings. The van der Waals surface area contributed by atoms with Crippen LogP contribution in [0.25, 0.3) is 0 Å². The summed E-state index contributed by atoms with van der Waals surface area (Å²) in [6.45, 7) is 1.86. The summed E-state index contributed by atoms with van der Waals surface area (Å²) in [5, 5.41) is 3.88. The predicted molar refractivity (Wildman–Crippen MR) is 88.8 cm³/mol. The highest BCUT2D eigenvalue weighted by atomic mass is 32.2. The third-order valence-electron chi connectivity index (χ3n) is 3.46. The van der Waals surface area contributed by atoms with E-state index in [1.807, 2.05) is 37.3 Å². The summed E-state index contributed by atoms with van der Waals surface area (Å²) in [6.07, 6.45) is 0.537. The quantitative estimate of drug-likeness (QED) is 0.743. The molecule has 0 spiro atoms. The lowest BCUT2D eigenvalue weighted by atomic mass is 10.1. The van der Waals surface area contributed by atoms with Crippen LogP contribution in [0.4, 0.5) is 0 Å². The highest BCUT2D eigenvalue weighted by Crippen LogP contribution is 2.11. The molecule has 124 valence electrons. The summed E-state index contributed by atoms with van der Waals surface area (Å²) in [7, 11) is -3.60. The van der Waals surface area contributed by atoms with E-state index in [1.165, 1.54) is 0 Å². The number of hydrogen-bond acceptors (Lipinski definition) is 5. The van der Waals surface area contributed by atoms with Gasteiger partial charge in [-0.25, -0.2) is 13.1 Å². The third kappa shape index (κ3) is 4.06. The molecular weight excluding hydrogens is 326 g/mol. The number of nitrogens with one attached hydrogen (secondary N) is 1. The molecule has 0 bridgehead atoms. The first kappa shape index (κ1) is 16.4. The zero-order valence-electron chi connectivity index (χ0n) is 13.1. The maximum atomic E-state index is 12.2. The van der Waals surface area contributed by atoms with Crippen molar-refractivity contribution in [3.63, 3.8) is 0 Å². The summed E-state index contributed by atoms with van der Waals surface area (Å²) in [5.41, 5.74) is 2.06. The van der Waals surface area contributed by atoms with Crippen LogP contribution in [0.3, 0.4) is 0 Å². The standard InChI is InChI=1S/C17H17N3O3S/c1-13-7-9-15(10-8-13)24(21,22)18-12-17-19-16(20-23-17)11-14-5-3-2-4-6-14/h2-10,18H,11-12H2,1H3. The van der Waals surface area contributed by atoms with Gasteiger partial charge in [0.2, 0.25) is 15.9 Å². The highest BCUT2D eigenvalue weighted by Gasteiger charge is 2.15. The van der Waals surface area contributed by atoms with Crippen molar-refractivity contribution >= 4 is 10.0 Å². The van der Waals surface area contributed by atoms with Crippen molar-refractivity contribution in [1.29, 1.82) is 0 Å². The topological polar surface area (TPSA) is 85.1 Å². The summed E-state index contributed by atoms with van der Waals surface area (Å²) in [5.74, 6) is 0.752. The lowest BCUT2D eigenvalue weighted by molar-refractivity contribution is 0.371. The average molecular weight is 343 g/mol. The fraction of sp³-hybridized carbons (Fsp3) is 0.176. The Morgan fingerprint density at radius 3 is 2.46 bits per heavy atom. The van der Waals surface area contributed by atoms with Gasteiger partial charge in [0.15, 0.2) is 5.82 Å². The van der Waals surface area contributed by atoms with Crippen LogP contribution < -0.4 is 4.72 Å². The molecule has 3 rings (SSSR count). The molecular formula is C17H17N3O3S. The number of sulfonamides is 1. The van der Waals surface area contributed by atoms with Crippen molar-refractivity contribution in [2.24, 2.45) is 0 Å². The molecule has 3 aromatic rings. The van der Waals surface area contributed by atoms with E-state index >= 15 is 0 Å². The minimum absolute atomic E-state index is 0.0437. The molecule has 0 aliphatic carbocycles. The molecule has 1 aromatic heterocycles. The summed E-state index contributed by atoms with van der Waals surface area (Å²) in [6, 6.07) is 16.4. The molecule has 0 atom stereocenters. The minimum Gasteiger partial charge on any atom is -0.338 e. The average Bonchev–Trinajstić information content (AvgIpc) is 3.02. The van der Waals surface area contributed by atoms with Gasteiger partial charge in [-0.05, 0) is 24.6 Å². The van der Waals surface area contributed by atoms with Crippen molar-refractivity contribution in [3.05, 3.63) is 77.4 Å². The summed E-state index contributed by atoms with van der Waals surface area (Å²) in [4.78, 5) is 4.42. The first-order chi connectivity index (χ1) is 11.5. The van der Waals surface area contributed by atoms with Gasteiger partial charge in [-0.2, -0.15) is 4.98 Å². The Morgan fingerprint density at radius 2 is 1.75 bits per heavy atom. The van der Waals surface area contributed by atoms with Crippen LogP contribution in [0.1, 0.15) is 22.8 Å². The van der Waals surface area contributed by atoms with Crippen LogP contribution in [0.5, 0.6) is 0 Å². The molecule has 1 N–H and O–H groups in total. The largest absolute Gasteiger partial charge is 0.338 e. The Balaban J connectivity index is 1.64. The van der Waals surface area contributed by atoms with Gasteiger partial charge in [-0.3, -0.25) is 0 Å². The molecule has 6 nitrogen and oxygen atoms in total. The predicted octanol–water partition coefficient (Wildman–Crippen LogP) is 2.45. The van der Waals surface area contributed by atoms with Crippen molar-refractivity contribution in [1.82, 2.24) is 14.9 Å². The van der Waals surface area contributed by atoms with Crippen LogP contribution in [-0.2, 0) is 23.0 Å². The third-order valence-corrected chi connectivity index (χ3v) is 4.88. The van der Waals surface area contributed by atoms with Crippen LogP contribution in [0.15, 0.2) is 64.0 Å². The molecule has 2 aromatic carbocycles. The number of benzene rings is 2. The second-order valence-corrected chi connectivity index (χ2v) is 7.17. The van der Waals surface area contributed by atoms with Crippen molar-refractivity contribution in [3.8, 4) is 0 Å². The molecule has 0 fully saturated rings. The maximum Gasteiger partial charge on any atom is 0.241 e. The maximum absolute atomic E-state index is 12.2. The fourth-order valence-electron chi connectivity index (χ4n) is 2.17. The summed E-state index contributed by atoms with van der Waals surface area (Å²) < 4.78 is 32.0.